The van der Waals surface area contributed by atoms with E-state index in [1.165, 1.54) is 21.8 Å². The molecule has 11 aromatic rings. The third-order valence-corrected chi connectivity index (χ3v) is 10.1. The molecule has 0 N–H and O–H groups in total. The van der Waals surface area contributed by atoms with Crippen LogP contribution in [0.4, 0.5) is 0 Å². The molecule has 0 aliphatic rings. The molecule has 0 fully saturated rings. The van der Waals surface area contributed by atoms with Gasteiger partial charge in [-0.15, -0.1) is 0 Å². The van der Waals surface area contributed by atoms with Crippen LogP contribution in [0.2, 0.25) is 0 Å². The zero-order valence-corrected chi connectivity index (χ0v) is 27.2. The van der Waals surface area contributed by atoms with Gasteiger partial charge >= 0.3 is 0 Å². The molecular weight excluding hydrogens is 627 g/mol. The van der Waals surface area contributed by atoms with Crippen molar-refractivity contribution >= 4 is 65.8 Å². The summed E-state index contributed by atoms with van der Waals surface area (Å²) in [5.74, 6) is 0. The highest BCUT2D eigenvalue weighted by molar-refractivity contribution is 6.17. The Labute approximate surface area is 291 Å². The van der Waals surface area contributed by atoms with E-state index in [0.717, 1.165) is 77.6 Å². The Balaban J connectivity index is 1.05. The van der Waals surface area contributed by atoms with Crippen LogP contribution in [0.25, 0.3) is 105 Å². The summed E-state index contributed by atoms with van der Waals surface area (Å²) >= 11 is 0. The van der Waals surface area contributed by atoms with Crippen LogP contribution in [0.15, 0.2) is 173 Å². The number of nitrogens with zero attached hydrogens (tertiary/aromatic N) is 3. The Morgan fingerprint density at radius 3 is 1.88 bits per heavy atom. The molecule has 238 valence electrons. The number of aromatic nitrogens is 3. The van der Waals surface area contributed by atoms with E-state index in [1.54, 1.807) is 6.33 Å². The highest BCUT2D eigenvalue weighted by Gasteiger charge is 2.21. The molecule has 0 spiro atoms. The maximum atomic E-state index is 6.61. The first-order chi connectivity index (χ1) is 25.3. The van der Waals surface area contributed by atoms with Crippen molar-refractivity contribution in [1.29, 1.82) is 0 Å². The van der Waals surface area contributed by atoms with Crippen molar-refractivity contribution in [2.24, 2.45) is 0 Å². The van der Waals surface area contributed by atoms with Gasteiger partial charge in [0, 0.05) is 38.4 Å². The number of furan rings is 2. The molecule has 51 heavy (non-hydrogen) atoms. The summed E-state index contributed by atoms with van der Waals surface area (Å²) in [6, 6.07) is 55.1. The molecule has 7 aromatic carbocycles. The van der Waals surface area contributed by atoms with E-state index in [0.29, 0.717) is 5.58 Å². The van der Waals surface area contributed by atoms with Gasteiger partial charge in [0.05, 0.1) is 16.4 Å². The second-order valence-corrected chi connectivity index (χ2v) is 13.0. The minimum absolute atomic E-state index is 0.660. The summed E-state index contributed by atoms with van der Waals surface area (Å²) in [5, 5.41) is 5.62. The van der Waals surface area contributed by atoms with Gasteiger partial charge in [-0.25, -0.2) is 9.97 Å². The van der Waals surface area contributed by atoms with E-state index in [4.69, 9.17) is 18.8 Å². The average molecular weight is 654 g/mol. The van der Waals surface area contributed by atoms with Crippen molar-refractivity contribution in [3.63, 3.8) is 0 Å². The van der Waals surface area contributed by atoms with Crippen molar-refractivity contribution in [3.8, 4) is 39.2 Å². The molecule has 0 aliphatic heterocycles. The molecule has 0 amide bonds. The standard InChI is InChI=1S/C46H27N3O2/c1-4-21-38-32(15-1)33-16-2-5-22-39(33)49(38)31-14-8-12-29(26-31)28-11-7-13-30(25-28)43-46-44(48-27-47-43)42-35(18-10-24-41(42)51-46)37-20-9-19-36-34-17-3-6-23-40(34)50-45(36)37/h1-27H. The molecule has 11 rings (SSSR count). The number of rotatable bonds is 4. The number of fused-ring (bicyclic) bond motifs is 9. The van der Waals surface area contributed by atoms with Gasteiger partial charge in [0.2, 0.25) is 0 Å². The van der Waals surface area contributed by atoms with Crippen molar-refractivity contribution in [2.75, 3.05) is 0 Å². The van der Waals surface area contributed by atoms with Crippen LogP contribution < -0.4 is 0 Å². The van der Waals surface area contributed by atoms with Gasteiger partial charge in [0.15, 0.2) is 5.58 Å². The van der Waals surface area contributed by atoms with E-state index in [9.17, 15) is 0 Å². The Morgan fingerprint density at radius 2 is 1.04 bits per heavy atom. The first-order valence-electron chi connectivity index (χ1n) is 17.1. The van der Waals surface area contributed by atoms with Gasteiger partial charge in [-0.1, -0.05) is 115 Å². The topological polar surface area (TPSA) is 57.0 Å². The van der Waals surface area contributed by atoms with E-state index in [-0.39, 0.29) is 0 Å². The molecule has 0 atom stereocenters. The summed E-state index contributed by atoms with van der Waals surface area (Å²) < 4.78 is 15.4. The number of para-hydroxylation sites is 4. The van der Waals surface area contributed by atoms with Crippen LogP contribution in [0.1, 0.15) is 0 Å². The number of benzene rings is 7. The minimum Gasteiger partial charge on any atom is -0.455 e. The zero-order valence-electron chi connectivity index (χ0n) is 27.2. The van der Waals surface area contributed by atoms with Gasteiger partial charge in [0.25, 0.3) is 0 Å². The van der Waals surface area contributed by atoms with Crippen LogP contribution in [-0.2, 0) is 0 Å². The van der Waals surface area contributed by atoms with E-state index in [1.807, 2.05) is 30.3 Å². The molecule has 0 bridgehead atoms. The van der Waals surface area contributed by atoms with Crippen LogP contribution in [0.5, 0.6) is 0 Å². The fraction of sp³-hybridized carbons (Fsp3) is 0. The summed E-state index contributed by atoms with van der Waals surface area (Å²) in [6.07, 6.45) is 1.64. The SMILES string of the molecule is c1cc(-c2cccc(-n3c4ccccc4c4ccccc43)c2)cc(-c2ncnc3c2oc2cccc(-c4cccc5c4oc4ccccc45)c23)c1. The molecule has 0 aliphatic carbocycles. The fourth-order valence-electron chi connectivity index (χ4n) is 7.88. The zero-order chi connectivity index (χ0) is 33.5. The molecule has 0 saturated carbocycles. The van der Waals surface area contributed by atoms with Crippen LogP contribution in [0, 0.1) is 0 Å². The molecule has 4 heterocycles. The molecule has 4 aromatic heterocycles. The molecule has 0 radical (unpaired) electrons. The largest absolute Gasteiger partial charge is 0.455 e. The van der Waals surface area contributed by atoms with Gasteiger partial charge in [-0.2, -0.15) is 0 Å². The van der Waals surface area contributed by atoms with Crippen molar-refractivity contribution in [1.82, 2.24) is 14.5 Å². The first-order valence-corrected chi connectivity index (χ1v) is 17.1. The maximum Gasteiger partial charge on any atom is 0.180 e. The second kappa shape index (κ2) is 10.8. The molecule has 0 unspecified atom stereocenters. The Morgan fingerprint density at radius 1 is 0.431 bits per heavy atom. The lowest BCUT2D eigenvalue weighted by Crippen LogP contribution is -1.94. The summed E-state index contributed by atoms with van der Waals surface area (Å²) in [7, 11) is 0. The van der Waals surface area contributed by atoms with Gasteiger partial charge in [0.1, 0.15) is 34.3 Å². The van der Waals surface area contributed by atoms with Crippen molar-refractivity contribution in [2.45, 2.75) is 0 Å². The van der Waals surface area contributed by atoms with Crippen LogP contribution >= 0.6 is 0 Å². The molecule has 5 heteroatoms. The lowest BCUT2D eigenvalue weighted by molar-refractivity contribution is 0.667. The van der Waals surface area contributed by atoms with E-state index < -0.39 is 0 Å². The quantitative estimate of drug-likeness (QED) is 0.190. The summed E-state index contributed by atoms with van der Waals surface area (Å²) in [4.78, 5) is 9.58. The maximum absolute atomic E-state index is 6.61. The first kappa shape index (κ1) is 27.9. The lowest BCUT2D eigenvalue weighted by atomic mass is 9.98. The van der Waals surface area contributed by atoms with E-state index >= 15 is 0 Å². The summed E-state index contributed by atoms with van der Waals surface area (Å²) in [6.45, 7) is 0. The third-order valence-electron chi connectivity index (χ3n) is 10.1. The van der Waals surface area contributed by atoms with Gasteiger partial charge < -0.3 is 13.4 Å². The lowest BCUT2D eigenvalue weighted by Gasteiger charge is -2.11. The Hall–Kier alpha value is -6.98. The average Bonchev–Trinajstić information content (AvgIpc) is 3.88. The van der Waals surface area contributed by atoms with Crippen molar-refractivity contribution in [3.05, 3.63) is 164 Å². The van der Waals surface area contributed by atoms with Crippen LogP contribution in [-0.4, -0.2) is 14.5 Å². The Kier molecular flexibility index (Phi) is 5.89. The van der Waals surface area contributed by atoms with Gasteiger partial charge in [-0.3, -0.25) is 0 Å². The monoisotopic (exact) mass is 653 g/mol. The highest BCUT2D eigenvalue weighted by Crippen LogP contribution is 2.43. The molecule has 5 nitrogen and oxygen atoms in total. The normalized spacial score (nSPS) is 11.9. The van der Waals surface area contributed by atoms with Gasteiger partial charge in [-0.05, 0) is 59.2 Å². The third kappa shape index (κ3) is 4.15. The summed E-state index contributed by atoms with van der Waals surface area (Å²) in [5.41, 5.74) is 13.3. The number of hydrogen-bond donors (Lipinski definition) is 0. The highest BCUT2D eigenvalue weighted by atomic mass is 16.3. The predicted octanol–water partition coefficient (Wildman–Crippen LogP) is 12.4. The molecular formula is C46H27N3O2. The van der Waals surface area contributed by atoms with Crippen molar-refractivity contribution < 1.29 is 8.83 Å². The smallest absolute Gasteiger partial charge is 0.180 e. The second-order valence-electron chi connectivity index (χ2n) is 13.0. The predicted molar refractivity (Wildman–Crippen MR) is 207 cm³/mol. The number of hydrogen-bond acceptors (Lipinski definition) is 4. The van der Waals surface area contributed by atoms with E-state index in [2.05, 4.69) is 132 Å². The molecule has 0 saturated heterocycles. The Bertz CT molecular complexity index is 3110. The van der Waals surface area contributed by atoms with Crippen LogP contribution in [0.3, 0.4) is 0 Å². The fourth-order valence-corrected chi connectivity index (χ4v) is 7.88. The minimum atomic E-state index is 0.660.